The van der Waals surface area contributed by atoms with Crippen LogP contribution in [0.15, 0.2) is 59.7 Å². The van der Waals surface area contributed by atoms with Crippen molar-refractivity contribution in [2.75, 3.05) is 13.2 Å². The molecule has 1 aliphatic rings. The van der Waals surface area contributed by atoms with Crippen molar-refractivity contribution in [1.82, 2.24) is 5.32 Å². The van der Waals surface area contributed by atoms with Crippen LogP contribution < -0.4 is 5.32 Å². The number of carboxylic acids is 1. The summed E-state index contributed by atoms with van der Waals surface area (Å²) in [5.41, 5.74) is 3.67. The van der Waals surface area contributed by atoms with Crippen molar-refractivity contribution in [2.45, 2.75) is 97.8 Å². The number of unbranched alkanes of at least 4 members (excludes halogenated alkanes) is 2. The zero-order valence-electron chi connectivity index (χ0n) is 23.7. The van der Waals surface area contributed by atoms with Crippen molar-refractivity contribution in [3.63, 3.8) is 0 Å². The molecule has 0 amide bonds. The van der Waals surface area contributed by atoms with E-state index in [-0.39, 0.29) is 19.1 Å². The molecular formula is C31H47F2NO4. The zero-order chi connectivity index (χ0) is 28.5. The molecule has 2 rings (SSSR count). The van der Waals surface area contributed by atoms with Gasteiger partial charge in [-0.05, 0) is 80.7 Å². The summed E-state index contributed by atoms with van der Waals surface area (Å²) >= 11 is 0. The van der Waals surface area contributed by atoms with Gasteiger partial charge in [-0.3, -0.25) is 4.79 Å². The third-order valence-corrected chi connectivity index (χ3v) is 6.51. The Morgan fingerprint density at radius 1 is 1.13 bits per heavy atom. The highest BCUT2D eigenvalue weighted by molar-refractivity contribution is 5.66. The Labute approximate surface area is 227 Å². The van der Waals surface area contributed by atoms with E-state index in [9.17, 15) is 18.7 Å². The average Bonchev–Trinajstić information content (AvgIpc) is 3.31. The van der Waals surface area contributed by atoms with Crippen molar-refractivity contribution in [3.05, 3.63) is 70.8 Å². The molecular weight excluding hydrogens is 488 g/mol. The number of fused-ring (bicyclic) bond motifs is 1. The number of rotatable bonds is 15. The number of hydrogen-bond donors (Lipinski definition) is 3. The van der Waals surface area contributed by atoms with E-state index >= 15 is 0 Å². The van der Waals surface area contributed by atoms with E-state index in [1.54, 1.807) is 25.0 Å². The predicted molar refractivity (Wildman–Crippen MR) is 150 cm³/mol. The van der Waals surface area contributed by atoms with Crippen LogP contribution in [0.25, 0.3) is 0 Å². The molecule has 0 aromatic heterocycles. The molecule has 2 atom stereocenters. The van der Waals surface area contributed by atoms with Crippen LogP contribution in [0.4, 0.5) is 8.78 Å². The number of allylic oxidation sites excluding steroid dienone is 5. The van der Waals surface area contributed by atoms with E-state index in [4.69, 9.17) is 9.84 Å². The number of nitrogens with one attached hydrogen (secondary N) is 1. The fraction of sp³-hybridized carbons (Fsp3) is 0.581. The lowest BCUT2D eigenvalue weighted by Gasteiger charge is -2.18. The molecule has 1 aromatic carbocycles. The molecule has 1 aliphatic carbocycles. The number of carboxylic acid groups (broad SMARTS) is 1. The lowest BCUT2D eigenvalue weighted by atomic mass is 10.0. The molecule has 0 saturated heterocycles. The predicted octanol–water partition coefficient (Wildman–Crippen LogP) is 6.86. The standard InChI is InChI=1S/C20H33F2NO4.C11H14/c1-14(2)23-12-17(24)13-27-16(4)15(3)11-19(22)18(21)9-7-5-6-8-10-20(25)26;1-2-9-7-10-5-3-4-6-11(10)8-9/h7,9,11,14,16-17,23-24H,5-6,8,10,12-13H2,1-4H3,(H,25,26);3-6,9H,2,7-8H2,1H3/b9-7+,15-11+,19-18-;. The minimum Gasteiger partial charge on any atom is -0.481 e. The number of ether oxygens (including phenoxy) is 1. The van der Waals surface area contributed by atoms with Crippen LogP contribution in [0.1, 0.15) is 77.8 Å². The Hall–Kier alpha value is -2.35. The molecule has 5 nitrogen and oxygen atoms in total. The highest BCUT2D eigenvalue weighted by Crippen LogP contribution is 2.27. The molecule has 0 bridgehead atoms. The maximum Gasteiger partial charge on any atom is 0.303 e. The van der Waals surface area contributed by atoms with E-state index < -0.39 is 29.8 Å². The number of hydrogen-bond acceptors (Lipinski definition) is 4. The number of aliphatic carboxylic acids is 1. The first-order valence-electron chi connectivity index (χ1n) is 13.7. The van der Waals surface area contributed by atoms with Gasteiger partial charge in [0.15, 0.2) is 11.7 Å². The molecule has 0 aliphatic heterocycles. The van der Waals surface area contributed by atoms with Gasteiger partial charge in [-0.2, -0.15) is 0 Å². The molecule has 0 radical (unpaired) electrons. The third-order valence-electron chi connectivity index (χ3n) is 6.51. The second kappa shape index (κ2) is 18.8. The first kappa shape index (κ1) is 33.7. The largest absolute Gasteiger partial charge is 0.481 e. The Bertz CT molecular complexity index is 901. The van der Waals surface area contributed by atoms with Gasteiger partial charge in [0.1, 0.15) is 0 Å². The number of aliphatic hydroxyl groups is 1. The van der Waals surface area contributed by atoms with E-state index in [1.807, 2.05) is 13.8 Å². The number of carbonyl (C=O) groups is 1. The van der Waals surface area contributed by atoms with Gasteiger partial charge >= 0.3 is 5.97 Å². The second-order valence-corrected chi connectivity index (χ2v) is 10.3. The molecule has 214 valence electrons. The summed E-state index contributed by atoms with van der Waals surface area (Å²) in [4.78, 5) is 10.4. The molecule has 0 saturated carbocycles. The van der Waals surface area contributed by atoms with E-state index in [2.05, 4.69) is 36.5 Å². The maximum atomic E-state index is 13.9. The van der Waals surface area contributed by atoms with Gasteiger partial charge in [-0.25, -0.2) is 8.78 Å². The van der Waals surface area contributed by atoms with Crippen molar-refractivity contribution >= 4 is 5.97 Å². The van der Waals surface area contributed by atoms with Gasteiger partial charge in [-0.1, -0.05) is 57.5 Å². The Morgan fingerprint density at radius 2 is 1.76 bits per heavy atom. The molecule has 1 aromatic rings. The molecule has 0 heterocycles. The molecule has 2 unspecified atom stereocenters. The summed E-state index contributed by atoms with van der Waals surface area (Å²) in [6.45, 7) is 10.1. The number of benzene rings is 1. The minimum atomic E-state index is -0.994. The molecule has 38 heavy (non-hydrogen) atoms. The van der Waals surface area contributed by atoms with Crippen LogP contribution in [0.5, 0.6) is 0 Å². The fourth-order valence-electron chi connectivity index (χ4n) is 3.95. The van der Waals surface area contributed by atoms with Crippen LogP contribution in [-0.2, 0) is 22.4 Å². The van der Waals surface area contributed by atoms with Crippen molar-refractivity contribution in [2.24, 2.45) is 5.92 Å². The van der Waals surface area contributed by atoms with Crippen molar-refractivity contribution in [1.29, 1.82) is 0 Å². The van der Waals surface area contributed by atoms with Crippen LogP contribution in [0.3, 0.4) is 0 Å². The Morgan fingerprint density at radius 3 is 2.32 bits per heavy atom. The molecule has 7 heteroatoms. The summed E-state index contributed by atoms with van der Waals surface area (Å²) in [6.07, 6.45) is 8.08. The highest BCUT2D eigenvalue weighted by Gasteiger charge is 2.18. The lowest BCUT2D eigenvalue weighted by Crippen LogP contribution is -2.35. The van der Waals surface area contributed by atoms with Crippen molar-refractivity contribution in [3.8, 4) is 0 Å². The van der Waals surface area contributed by atoms with Crippen LogP contribution in [-0.4, -0.2) is 47.6 Å². The summed E-state index contributed by atoms with van der Waals surface area (Å²) in [6, 6.07) is 9.09. The van der Waals surface area contributed by atoms with E-state index in [0.29, 0.717) is 31.4 Å². The van der Waals surface area contributed by atoms with Gasteiger partial charge in [0, 0.05) is 19.0 Å². The fourth-order valence-corrected chi connectivity index (χ4v) is 3.95. The van der Waals surface area contributed by atoms with E-state index in [0.717, 1.165) is 18.1 Å². The summed E-state index contributed by atoms with van der Waals surface area (Å²) < 4.78 is 33.1. The quantitative estimate of drug-likeness (QED) is 0.169. The second-order valence-electron chi connectivity index (χ2n) is 10.3. The zero-order valence-corrected chi connectivity index (χ0v) is 23.7. The normalized spacial score (nSPS) is 16.2. The molecule has 0 fully saturated rings. The Kier molecular flexibility index (Phi) is 16.7. The summed E-state index contributed by atoms with van der Waals surface area (Å²) in [5, 5.41) is 21.4. The summed E-state index contributed by atoms with van der Waals surface area (Å²) in [5.74, 6) is -1.92. The summed E-state index contributed by atoms with van der Waals surface area (Å²) in [7, 11) is 0. The SMILES string of the molecule is CCC1Cc2ccccc2C1.C\C(=C/C(F)=C(F)\C=C\CCCCC(=O)O)C(C)OCC(O)CNC(C)C. The monoisotopic (exact) mass is 535 g/mol. The van der Waals surface area contributed by atoms with Gasteiger partial charge in [0.25, 0.3) is 0 Å². The average molecular weight is 536 g/mol. The third kappa shape index (κ3) is 14.6. The number of aliphatic hydroxyl groups excluding tert-OH is 1. The van der Waals surface area contributed by atoms with Crippen LogP contribution >= 0.6 is 0 Å². The van der Waals surface area contributed by atoms with Gasteiger partial charge < -0.3 is 20.3 Å². The maximum absolute atomic E-state index is 13.9. The van der Waals surface area contributed by atoms with Crippen LogP contribution in [0.2, 0.25) is 0 Å². The first-order chi connectivity index (χ1) is 18.0. The Balaban J connectivity index is 0.000000534. The molecule has 0 spiro atoms. The lowest BCUT2D eigenvalue weighted by molar-refractivity contribution is -0.137. The van der Waals surface area contributed by atoms with Crippen molar-refractivity contribution < 1.29 is 28.5 Å². The van der Waals surface area contributed by atoms with E-state index in [1.165, 1.54) is 25.3 Å². The van der Waals surface area contributed by atoms with Gasteiger partial charge in [0.05, 0.1) is 18.8 Å². The van der Waals surface area contributed by atoms with Crippen LogP contribution in [0, 0.1) is 5.92 Å². The topological polar surface area (TPSA) is 78.8 Å². The van der Waals surface area contributed by atoms with Gasteiger partial charge in [-0.15, -0.1) is 0 Å². The minimum absolute atomic E-state index is 0.0720. The smallest absolute Gasteiger partial charge is 0.303 e. The molecule has 3 N–H and O–H groups in total. The number of halogens is 2. The first-order valence-corrected chi connectivity index (χ1v) is 13.7. The van der Waals surface area contributed by atoms with Gasteiger partial charge in [0.2, 0.25) is 0 Å². The highest BCUT2D eigenvalue weighted by atomic mass is 19.2.